The number of amides is 1. The van der Waals surface area contributed by atoms with Crippen molar-refractivity contribution in [2.24, 2.45) is 16.2 Å². The molecule has 0 aromatic heterocycles. The zero-order valence-electron chi connectivity index (χ0n) is 14.9. The first kappa shape index (κ1) is 17.5. The third-order valence-corrected chi connectivity index (χ3v) is 6.62. The lowest BCUT2D eigenvalue weighted by Crippen LogP contribution is -2.49. The van der Waals surface area contributed by atoms with Gasteiger partial charge in [-0.25, -0.2) is 0 Å². The molecule has 0 spiro atoms. The van der Waals surface area contributed by atoms with Crippen LogP contribution in [0.1, 0.15) is 51.7 Å². The molecule has 1 fully saturated rings. The predicted molar refractivity (Wildman–Crippen MR) is 91.4 cm³/mol. The second-order valence-electron chi connectivity index (χ2n) is 7.85. The van der Waals surface area contributed by atoms with Gasteiger partial charge in [0.1, 0.15) is 0 Å². The smallest absolute Gasteiger partial charge is 0.309 e. The summed E-state index contributed by atoms with van der Waals surface area (Å²) in [4.78, 5) is 24.7. The summed E-state index contributed by atoms with van der Waals surface area (Å²) in [5.74, 6) is -0.930. The molecule has 2 N–H and O–H groups in total. The maximum atomic E-state index is 13.0. The van der Waals surface area contributed by atoms with E-state index in [9.17, 15) is 14.7 Å². The molecule has 2 rings (SSSR count). The summed E-state index contributed by atoms with van der Waals surface area (Å²) < 4.78 is 0. The van der Waals surface area contributed by atoms with Crippen molar-refractivity contribution in [2.45, 2.75) is 54.4 Å². The summed E-state index contributed by atoms with van der Waals surface area (Å²) >= 11 is 0. The van der Waals surface area contributed by atoms with Crippen molar-refractivity contribution in [1.82, 2.24) is 0 Å². The molecule has 1 aromatic carbocycles. The van der Waals surface area contributed by atoms with Crippen LogP contribution in [-0.4, -0.2) is 17.0 Å². The van der Waals surface area contributed by atoms with Crippen molar-refractivity contribution in [3.63, 3.8) is 0 Å². The van der Waals surface area contributed by atoms with Crippen LogP contribution in [0, 0.1) is 30.1 Å². The lowest BCUT2D eigenvalue weighted by molar-refractivity contribution is -0.157. The van der Waals surface area contributed by atoms with E-state index in [1.807, 2.05) is 52.8 Å². The maximum absolute atomic E-state index is 13.0. The van der Waals surface area contributed by atoms with Gasteiger partial charge in [0.25, 0.3) is 0 Å². The molecule has 2 unspecified atom stereocenters. The Morgan fingerprint density at radius 1 is 1.00 bits per heavy atom. The van der Waals surface area contributed by atoms with E-state index in [1.54, 1.807) is 6.92 Å². The van der Waals surface area contributed by atoms with Crippen molar-refractivity contribution in [2.75, 3.05) is 5.32 Å². The molecule has 4 heteroatoms. The number of aliphatic carboxylic acids is 1. The Labute approximate surface area is 138 Å². The third-order valence-electron chi connectivity index (χ3n) is 6.62. The van der Waals surface area contributed by atoms with Gasteiger partial charge in [-0.2, -0.15) is 0 Å². The Morgan fingerprint density at radius 2 is 1.57 bits per heavy atom. The van der Waals surface area contributed by atoms with Crippen molar-refractivity contribution < 1.29 is 14.7 Å². The average Bonchev–Trinajstić information content (AvgIpc) is 2.65. The number of hydrogen-bond donors (Lipinski definition) is 2. The van der Waals surface area contributed by atoms with Crippen LogP contribution in [0.4, 0.5) is 5.69 Å². The molecule has 23 heavy (non-hydrogen) atoms. The predicted octanol–water partition coefficient (Wildman–Crippen LogP) is 4.16. The summed E-state index contributed by atoms with van der Waals surface area (Å²) in [6, 6.07) is 5.82. The number of rotatable bonds is 3. The molecule has 1 aliphatic carbocycles. The number of hydrogen-bond acceptors (Lipinski definition) is 2. The van der Waals surface area contributed by atoms with Gasteiger partial charge in [-0.3, -0.25) is 9.59 Å². The van der Waals surface area contributed by atoms with Gasteiger partial charge in [0, 0.05) is 5.69 Å². The van der Waals surface area contributed by atoms with Crippen LogP contribution >= 0.6 is 0 Å². The Bertz CT molecular complexity index is 665. The highest BCUT2D eigenvalue weighted by atomic mass is 16.4. The van der Waals surface area contributed by atoms with Crippen LogP contribution in [-0.2, 0) is 9.59 Å². The van der Waals surface area contributed by atoms with Gasteiger partial charge in [-0.05, 0) is 62.3 Å². The first-order valence-electron chi connectivity index (χ1n) is 8.08. The summed E-state index contributed by atoms with van der Waals surface area (Å²) in [5.41, 5.74) is 0.790. The van der Waals surface area contributed by atoms with E-state index in [4.69, 9.17) is 0 Å². The molecular formula is C19H27NO3. The molecule has 126 valence electrons. The van der Waals surface area contributed by atoms with Crippen LogP contribution in [0.3, 0.4) is 0 Å². The topological polar surface area (TPSA) is 66.4 Å². The molecule has 0 saturated heterocycles. The molecule has 1 aliphatic rings. The van der Waals surface area contributed by atoms with Crippen LogP contribution in [0.2, 0.25) is 0 Å². The number of anilines is 1. The highest BCUT2D eigenvalue weighted by Crippen LogP contribution is 2.63. The van der Waals surface area contributed by atoms with E-state index in [-0.39, 0.29) is 5.91 Å². The number of benzene rings is 1. The number of carboxylic acids is 1. The minimum atomic E-state index is -0.901. The Kier molecular flexibility index (Phi) is 4.08. The zero-order chi connectivity index (χ0) is 17.6. The van der Waals surface area contributed by atoms with E-state index in [0.29, 0.717) is 12.8 Å². The van der Waals surface area contributed by atoms with Crippen LogP contribution in [0.25, 0.3) is 0 Å². The normalized spacial score (nSPS) is 29.3. The van der Waals surface area contributed by atoms with Crippen LogP contribution in [0.5, 0.6) is 0 Å². The van der Waals surface area contributed by atoms with Gasteiger partial charge in [0.2, 0.25) is 5.91 Å². The fourth-order valence-corrected chi connectivity index (χ4v) is 3.59. The van der Waals surface area contributed by atoms with Crippen LogP contribution < -0.4 is 5.32 Å². The van der Waals surface area contributed by atoms with Gasteiger partial charge >= 0.3 is 5.97 Å². The minimum Gasteiger partial charge on any atom is -0.481 e. The summed E-state index contributed by atoms with van der Waals surface area (Å²) in [6.45, 7) is 11.5. The highest BCUT2D eigenvalue weighted by molar-refractivity contribution is 5.97. The van der Waals surface area contributed by atoms with Crippen molar-refractivity contribution in [3.05, 3.63) is 29.3 Å². The zero-order valence-corrected chi connectivity index (χ0v) is 14.9. The van der Waals surface area contributed by atoms with E-state index in [1.165, 1.54) is 5.56 Å². The molecule has 1 saturated carbocycles. The van der Waals surface area contributed by atoms with Gasteiger partial charge in [0.15, 0.2) is 0 Å². The Hall–Kier alpha value is -1.84. The molecule has 1 amide bonds. The van der Waals surface area contributed by atoms with E-state index in [0.717, 1.165) is 11.3 Å². The summed E-state index contributed by atoms with van der Waals surface area (Å²) in [6.07, 6.45) is 1.08. The molecule has 0 heterocycles. The summed E-state index contributed by atoms with van der Waals surface area (Å²) in [7, 11) is 0. The fraction of sp³-hybridized carbons (Fsp3) is 0.579. The number of aryl methyl sites for hydroxylation is 2. The standard InChI is InChI=1S/C19H27NO3/c1-12-7-8-14(11-13(12)2)20-15(21)18(5)9-10-19(6,16(22)23)17(18,3)4/h7-8,11H,9-10H2,1-6H3,(H,20,21)(H,22,23). The quantitative estimate of drug-likeness (QED) is 0.879. The Balaban J connectivity index is 2.31. The monoisotopic (exact) mass is 317 g/mol. The number of carboxylic acid groups (broad SMARTS) is 1. The Morgan fingerprint density at radius 3 is 2.04 bits per heavy atom. The van der Waals surface area contributed by atoms with Gasteiger partial charge in [-0.1, -0.05) is 26.8 Å². The minimum absolute atomic E-state index is 0.101. The molecule has 2 atom stereocenters. The summed E-state index contributed by atoms with van der Waals surface area (Å²) in [5, 5.41) is 12.6. The first-order chi connectivity index (χ1) is 10.5. The van der Waals surface area contributed by atoms with Crippen molar-refractivity contribution in [1.29, 1.82) is 0 Å². The molecule has 1 aromatic rings. The number of carbonyl (C=O) groups excluding carboxylic acids is 1. The molecule has 0 radical (unpaired) electrons. The van der Waals surface area contributed by atoms with E-state index < -0.39 is 22.2 Å². The molecule has 4 nitrogen and oxygen atoms in total. The fourth-order valence-electron chi connectivity index (χ4n) is 3.59. The second kappa shape index (κ2) is 5.36. The SMILES string of the molecule is Cc1ccc(NC(=O)C2(C)CCC(C)(C(=O)O)C2(C)C)cc1C. The van der Waals surface area contributed by atoms with Crippen LogP contribution in [0.15, 0.2) is 18.2 Å². The lowest BCUT2D eigenvalue weighted by Gasteiger charge is -2.44. The van der Waals surface area contributed by atoms with Gasteiger partial charge < -0.3 is 10.4 Å². The van der Waals surface area contributed by atoms with Gasteiger partial charge in [-0.15, -0.1) is 0 Å². The van der Waals surface area contributed by atoms with E-state index in [2.05, 4.69) is 5.32 Å². The molecule has 0 aliphatic heterocycles. The number of nitrogens with one attached hydrogen (secondary N) is 1. The average molecular weight is 317 g/mol. The van der Waals surface area contributed by atoms with Crippen molar-refractivity contribution in [3.8, 4) is 0 Å². The molecular weight excluding hydrogens is 290 g/mol. The highest BCUT2D eigenvalue weighted by Gasteiger charge is 2.64. The van der Waals surface area contributed by atoms with Gasteiger partial charge in [0.05, 0.1) is 10.8 Å². The molecule has 0 bridgehead atoms. The largest absolute Gasteiger partial charge is 0.481 e. The van der Waals surface area contributed by atoms with Crippen molar-refractivity contribution >= 4 is 17.6 Å². The first-order valence-corrected chi connectivity index (χ1v) is 8.08. The second-order valence-corrected chi connectivity index (χ2v) is 7.85. The lowest BCUT2D eigenvalue weighted by atomic mass is 9.59. The van der Waals surface area contributed by atoms with E-state index >= 15 is 0 Å². The maximum Gasteiger partial charge on any atom is 0.309 e. The third kappa shape index (κ3) is 2.44. The number of carbonyl (C=O) groups is 2.